The van der Waals surface area contributed by atoms with Crippen LogP contribution in [-0.4, -0.2) is 19.1 Å². The van der Waals surface area contributed by atoms with Gasteiger partial charge in [-0.1, -0.05) is 43.0 Å². The van der Waals surface area contributed by atoms with Gasteiger partial charge < -0.3 is 10.1 Å². The molecule has 6 heteroatoms. The molecule has 0 aliphatic rings. The number of hydrogen-bond donors (Lipinski definition) is 1. The number of amides is 1. The van der Waals surface area contributed by atoms with Crippen LogP contribution in [0.25, 0.3) is 0 Å². The van der Waals surface area contributed by atoms with Crippen molar-refractivity contribution in [3.05, 3.63) is 65.2 Å². The zero-order chi connectivity index (χ0) is 19.0. The molecule has 136 valence electrons. The molecule has 0 aliphatic carbocycles. The summed E-state index contributed by atoms with van der Waals surface area (Å²) in [5, 5.41) is 2.55. The molecule has 0 aliphatic heterocycles. The number of aryl methyl sites for hydroxylation is 1. The van der Waals surface area contributed by atoms with Crippen LogP contribution in [0.4, 0.5) is 13.2 Å². The second kappa shape index (κ2) is 8.95. The Kier molecular flexibility index (Phi) is 6.67. The number of carbonyl (C=O) groups is 1. The van der Waals surface area contributed by atoms with Crippen molar-refractivity contribution in [3.63, 3.8) is 0 Å². The van der Waals surface area contributed by atoms with Crippen LogP contribution < -0.4 is 10.1 Å². The number of hydrogen-bond acceptors (Lipinski definition) is 2. The van der Waals surface area contributed by atoms with Crippen molar-refractivity contribution >= 4 is 5.91 Å². The van der Waals surface area contributed by atoms with E-state index in [4.69, 9.17) is 4.74 Å². The highest BCUT2D eigenvalue weighted by molar-refractivity contribution is 5.77. The molecule has 1 N–H and O–H groups in total. The van der Waals surface area contributed by atoms with Crippen LogP contribution >= 0.6 is 0 Å². The maximum Gasteiger partial charge on any atom is 0.416 e. The lowest BCUT2D eigenvalue weighted by atomic mass is 10.1. The van der Waals surface area contributed by atoms with Crippen molar-refractivity contribution < 1.29 is 22.7 Å². The van der Waals surface area contributed by atoms with Gasteiger partial charge in [-0.25, -0.2) is 0 Å². The summed E-state index contributed by atoms with van der Waals surface area (Å²) in [5.74, 6) is 5.53. The summed E-state index contributed by atoms with van der Waals surface area (Å²) in [4.78, 5) is 11.8. The highest BCUT2D eigenvalue weighted by Gasteiger charge is 2.30. The highest BCUT2D eigenvalue weighted by atomic mass is 19.4. The van der Waals surface area contributed by atoms with E-state index in [9.17, 15) is 18.0 Å². The first kappa shape index (κ1) is 19.4. The second-order valence-corrected chi connectivity index (χ2v) is 5.41. The van der Waals surface area contributed by atoms with Crippen molar-refractivity contribution in [2.24, 2.45) is 0 Å². The lowest BCUT2D eigenvalue weighted by molar-refractivity contribution is -0.137. The van der Waals surface area contributed by atoms with Crippen LogP contribution in [0.5, 0.6) is 5.75 Å². The smallest absolute Gasteiger partial charge is 0.416 e. The molecule has 3 nitrogen and oxygen atoms in total. The fourth-order valence-corrected chi connectivity index (χ4v) is 2.19. The van der Waals surface area contributed by atoms with Crippen LogP contribution in [-0.2, 0) is 17.4 Å². The van der Waals surface area contributed by atoms with Gasteiger partial charge in [0.15, 0.2) is 6.61 Å². The van der Waals surface area contributed by atoms with E-state index in [0.29, 0.717) is 5.75 Å². The maximum absolute atomic E-state index is 12.6. The molecule has 26 heavy (non-hydrogen) atoms. The molecule has 0 fully saturated rings. The van der Waals surface area contributed by atoms with Gasteiger partial charge in [-0.15, -0.1) is 0 Å². The van der Waals surface area contributed by atoms with Gasteiger partial charge in [0.1, 0.15) is 5.75 Å². The van der Waals surface area contributed by atoms with Crippen molar-refractivity contribution in [2.45, 2.75) is 19.5 Å². The topological polar surface area (TPSA) is 38.3 Å². The summed E-state index contributed by atoms with van der Waals surface area (Å²) < 4.78 is 43.3. The fraction of sp³-hybridized carbons (Fsp3) is 0.250. The van der Waals surface area contributed by atoms with Crippen LogP contribution in [0.15, 0.2) is 48.5 Å². The molecular weight excluding hydrogens is 343 g/mol. The third-order valence-electron chi connectivity index (χ3n) is 3.51. The molecule has 0 atom stereocenters. The Morgan fingerprint density at radius 1 is 1.15 bits per heavy atom. The largest absolute Gasteiger partial charge is 0.483 e. The van der Waals surface area contributed by atoms with E-state index in [-0.39, 0.29) is 24.6 Å². The van der Waals surface area contributed by atoms with Crippen molar-refractivity contribution in [1.82, 2.24) is 5.32 Å². The normalized spacial score (nSPS) is 10.6. The predicted octanol–water partition coefficient (Wildman–Crippen LogP) is 3.81. The first-order chi connectivity index (χ1) is 12.4. The zero-order valence-corrected chi connectivity index (χ0v) is 14.2. The minimum Gasteiger partial charge on any atom is -0.483 e. The van der Waals surface area contributed by atoms with E-state index < -0.39 is 11.7 Å². The molecule has 0 aromatic heterocycles. The minimum absolute atomic E-state index is 0.0217. The zero-order valence-electron chi connectivity index (χ0n) is 14.2. The Balaban J connectivity index is 1.83. The van der Waals surface area contributed by atoms with E-state index in [1.807, 2.05) is 25.1 Å². The fourth-order valence-electron chi connectivity index (χ4n) is 2.19. The standard InChI is InChI=1S/C20H18F3NO2/c1-2-16-9-3-4-11-18(16)26-14-19(25)24-12-6-8-15-7-5-10-17(13-15)20(21,22)23/h3-5,7,9-11,13H,2,12,14H2,1H3,(H,24,25). The number of ether oxygens (including phenoxy) is 1. The van der Waals surface area contributed by atoms with Crippen LogP contribution in [0.3, 0.4) is 0 Å². The number of para-hydroxylation sites is 1. The Hall–Kier alpha value is -2.94. The third-order valence-corrected chi connectivity index (χ3v) is 3.51. The molecule has 0 saturated carbocycles. The number of rotatable bonds is 5. The lowest BCUT2D eigenvalue weighted by Gasteiger charge is -2.09. The molecule has 0 radical (unpaired) electrons. The van der Waals surface area contributed by atoms with Crippen LogP contribution in [0.1, 0.15) is 23.6 Å². The predicted molar refractivity (Wildman–Crippen MR) is 92.6 cm³/mol. The van der Waals surface area contributed by atoms with E-state index in [1.165, 1.54) is 12.1 Å². The summed E-state index contributed by atoms with van der Waals surface area (Å²) in [7, 11) is 0. The van der Waals surface area contributed by atoms with E-state index in [2.05, 4.69) is 17.2 Å². The highest BCUT2D eigenvalue weighted by Crippen LogP contribution is 2.29. The Morgan fingerprint density at radius 2 is 1.92 bits per heavy atom. The van der Waals surface area contributed by atoms with Crippen LogP contribution in [0, 0.1) is 11.8 Å². The minimum atomic E-state index is -4.40. The average Bonchev–Trinajstić information content (AvgIpc) is 2.63. The molecule has 2 aromatic carbocycles. The molecule has 0 spiro atoms. The second-order valence-electron chi connectivity index (χ2n) is 5.41. The summed E-state index contributed by atoms with van der Waals surface area (Å²) in [6.45, 7) is 1.86. The van der Waals surface area contributed by atoms with Gasteiger partial charge in [-0.2, -0.15) is 13.2 Å². The van der Waals surface area contributed by atoms with Crippen molar-refractivity contribution in [3.8, 4) is 17.6 Å². The SMILES string of the molecule is CCc1ccccc1OCC(=O)NCC#Cc1cccc(C(F)(F)F)c1. The molecule has 1 amide bonds. The molecular formula is C20H18F3NO2. The molecule has 0 unspecified atom stereocenters. The van der Waals surface area contributed by atoms with Crippen molar-refractivity contribution in [2.75, 3.05) is 13.2 Å². The lowest BCUT2D eigenvalue weighted by Crippen LogP contribution is -2.29. The number of benzene rings is 2. The molecule has 0 saturated heterocycles. The van der Waals surface area contributed by atoms with Gasteiger partial charge in [-0.3, -0.25) is 4.79 Å². The van der Waals surface area contributed by atoms with Crippen LogP contribution in [0.2, 0.25) is 0 Å². The van der Waals surface area contributed by atoms with Gasteiger partial charge in [0.25, 0.3) is 5.91 Å². The Morgan fingerprint density at radius 3 is 2.65 bits per heavy atom. The summed E-state index contributed by atoms with van der Waals surface area (Å²) in [6, 6.07) is 12.2. The summed E-state index contributed by atoms with van der Waals surface area (Å²) in [6.07, 6.45) is -3.61. The molecule has 0 heterocycles. The summed E-state index contributed by atoms with van der Waals surface area (Å²) in [5.41, 5.74) is 0.489. The number of halogens is 3. The van der Waals surface area contributed by atoms with Gasteiger partial charge >= 0.3 is 6.18 Å². The molecule has 2 rings (SSSR count). The van der Waals surface area contributed by atoms with E-state index in [1.54, 1.807) is 6.07 Å². The van der Waals surface area contributed by atoms with Gasteiger partial charge in [0, 0.05) is 5.56 Å². The van der Waals surface area contributed by atoms with E-state index in [0.717, 1.165) is 24.1 Å². The van der Waals surface area contributed by atoms with Gasteiger partial charge in [0.2, 0.25) is 0 Å². The Labute approximate surface area is 150 Å². The first-order valence-corrected chi connectivity index (χ1v) is 8.03. The number of carbonyl (C=O) groups excluding carboxylic acids is 1. The monoisotopic (exact) mass is 361 g/mol. The molecule has 0 bridgehead atoms. The third kappa shape index (κ3) is 5.85. The first-order valence-electron chi connectivity index (χ1n) is 8.03. The number of alkyl halides is 3. The van der Waals surface area contributed by atoms with E-state index >= 15 is 0 Å². The van der Waals surface area contributed by atoms with Crippen molar-refractivity contribution in [1.29, 1.82) is 0 Å². The summed E-state index contributed by atoms with van der Waals surface area (Å²) >= 11 is 0. The van der Waals surface area contributed by atoms with Gasteiger partial charge in [-0.05, 0) is 36.2 Å². The molecule has 2 aromatic rings. The number of nitrogens with one attached hydrogen (secondary N) is 1. The average molecular weight is 361 g/mol. The quantitative estimate of drug-likeness (QED) is 0.823. The maximum atomic E-state index is 12.6. The van der Waals surface area contributed by atoms with Gasteiger partial charge in [0.05, 0.1) is 12.1 Å². The Bertz CT molecular complexity index is 820.